The fourth-order valence-corrected chi connectivity index (χ4v) is 3.37. The Bertz CT molecular complexity index is 852. The number of aromatic nitrogens is 2. The Kier molecular flexibility index (Phi) is 2.92. The first-order chi connectivity index (χ1) is 10.1. The maximum atomic E-state index is 13.4. The predicted octanol–water partition coefficient (Wildman–Crippen LogP) is 4.23. The Morgan fingerprint density at radius 2 is 2.00 bits per heavy atom. The maximum Gasteiger partial charge on any atom is 0.124 e. The molecule has 21 heavy (non-hydrogen) atoms. The topological polar surface area (TPSA) is 43.8 Å². The summed E-state index contributed by atoms with van der Waals surface area (Å²) in [6, 6.07) is 10.6. The van der Waals surface area contributed by atoms with Crippen LogP contribution in [0.15, 0.2) is 36.4 Å². The lowest BCUT2D eigenvalue weighted by Crippen LogP contribution is -2.02. The third kappa shape index (κ3) is 2.19. The van der Waals surface area contributed by atoms with Crippen molar-refractivity contribution in [3.63, 3.8) is 0 Å². The van der Waals surface area contributed by atoms with Gasteiger partial charge in [-0.15, -0.1) is 0 Å². The van der Waals surface area contributed by atoms with Gasteiger partial charge in [-0.3, -0.25) is 4.57 Å². The Hall–Kier alpha value is -1.63. The molecule has 2 aromatic carbocycles. The van der Waals surface area contributed by atoms with Gasteiger partial charge in [0.1, 0.15) is 11.6 Å². The highest BCUT2D eigenvalue weighted by atomic mass is 127. The molecule has 0 radical (unpaired) electrons. The standard InChI is InChI=1S/C16H13FIN3/c17-10-3-5-14(12(18)7-10)21-15-6-4-11(19)8-13(15)20-16(21)9-1-2-9/h3-9H,1-2,19H2. The number of hydrogen-bond acceptors (Lipinski definition) is 2. The lowest BCUT2D eigenvalue weighted by atomic mass is 10.2. The Morgan fingerprint density at radius 3 is 2.71 bits per heavy atom. The molecule has 1 fully saturated rings. The van der Waals surface area contributed by atoms with Crippen molar-refractivity contribution >= 4 is 39.3 Å². The van der Waals surface area contributed by atoms with E-state index in [0.29, 0.717) is 11.6 Å². The first-order valence-electron chi connectivity index (χ1n) is 6.87. The number of fused-ring (bicyclic) bond motifs is 1. The van der Waals surface area contributed by atoms with Gasteiger partial charge in [0.05, 0.1) is 16.7 Å². The summed E-state index contributed by atoms with van der Waals surface area (Å²) in [5, 5.41) is 0. The fraction of sp³-hybridized carbons (Fsp3) is 0.188. The van der Waals surface area contributed by atoms with Crippen LogP contribution in [0.1, 0.15) is 24.6 Å². The van der Waals surface area contributed by atoms with E-state index in [4.69, 9.17) is 10.7 Å². The normalized spacial score (nSPS) is 14.8. The van der Waals surface area contributed by atoms with Crippen molar-refractivity contribution in [2.45, 2.75) is 18.8 Å². The summed E-state index contributed by atoms with van der Waals surface area (Å²) in [6.45, 7) is 0. The second-order valence-corrected chi connectivity index (χ2v) is 6.59. The lowest BCUT2D eigenvalue weighted by molar-refractivity contribution is 0.626. The van der Waals surface area contributed by atoms with Gasteiger partial charge in [-0.2, -0.15) is 0 Å². The van der Waals surface area contributed by atoms with Crippen LogP contribution in [0.2, 0.25) is 0 Å². The molecule has 1 aromatic heterocycles. The SMILES string of the molecule is Nc1ccc2c(c1)nc(C1CC1)n2-c1ccc(F)cc1I. The first-order valence-corrected chi connectivity index (χ1v) is 7.94. The molecule has 0 amide bonds. The van der Waals surface area contributed by atoms with E-state index in [2.05, 4.69) is 27.2 Å². The lowest BCUT2D eigenvalue weighted by Gasteiger charge is -2.11. The molecule has 0 bridgehead atoms. The zero-order chi connectivity index (χ0) is 14.6. The van der Waals surface area contributed by atoms with Crippen LogP contribution in [-0.2, 0) is 0 Å². The number of nitrogen functional groups attached to an aromatic ring is 1. The molecule has 106 valence electrons. The molecule has 0 spiro atoms. The number of nitrogens with zero attached hydrogens (tertiary/aromatic N) is 2. The minimum absolute atomic E-state index is 0.218. The summed E-state index contributed by atoms with van der Waals surface area (Å²) in [6.07, 6.45) is 2.33. The average molecular weight is 393 g/mol. The predicted molar refractivity (Wildman–Crippen MR) is 90.1 cm³/mol. The largest absolute Gasteiger partial charge is 0.399 e. The zero-order valence-corrected chi connectivity index (χ0v) is 13.3. The van der Waals surface area contributed by atoms with E-state index in [0.717, 1.165) is 39.0 Å². The van der Waals surface area contributed by atoms with E-state index in [1.807, 2.05) is 24.3 Å². The van der Waals surface area contributed by atoms with Crippen LogP contribution in [0.5, 0.6) is 0 Å². The summed E-state index contributed by atoms with van der Waals surface area (Å²) in [4.78, 5) is 4.76. The van der Waals surface area contributed by atoms with Crippen LogP contribution in [0, 0.1) is 9.39 Å². The highest BCUT2D eigenvalue weighted by Crippen LogP contribution is 2.42. The number of nitrogens with two attached hydrogens (primary N) is 1. The summed E-state index contributed by atoms with van der Waals surface area (Å²) >= 11 is 2.17. The highest BCUT2D eigenvalue weighted by molar-refractivity contribution is 14.1. The molecule has 3 nitrogen and oxygen atoms in total. The zero-order valence-electron chi connectivity index (χ0n) is 11.2. The molecular formula is C16H13FIN3. The van der Waals surface area contributed by atoms with Crippen LogP contribution in [0.3, 0.4) is 0 Å². The van der Waals surface area contributed by atoms with E-state index in [9.17, 15) is 4.39 Å². The van der Waals surface area contributed by atoms with Crippen molar-refractivity contribution in [1.82, 2.24) is 9.55 Å². The molecule has 5 heteroatoms. The smallest absolute Gasteiger partial charge is 0.124 e. The van der Waals surface area contributed by atoms with Crippen molar-refractivity contribution in [2.24, 2.45) is 0 Å². The summed E-state index contributed by atoms with van der Waals surface area (Å²) < 4.78 is 16.4. The maximum absolute atomic E-state index is 13.4. The number of imidazole rings is 1. The van der Waals surface area contributed by atoms with E-state index in [1.165, 1.54) is 6.07 Å². The first kappa shape index (κ1) is 13.1. The van der Waals surface area contributed by atoms with Crippen LogP contribution < -0.4 is 5.73 Å². The van der Waals surface area contributed by atoms with Gasteiger partial charge >= 0.3 is 0 Å². The van der Waals surface area contributed by atoms with Gasteiger partial charge < -0.3 is 5.73 Å². The fourth-order valence-electron chi connectivity index (χ4n) is 2.65. The molecular weight excluding hydrogens is 380 g/mol. The van der Waals surface area contributed by atoms with E-state index >= 15 is 0 Å². The molecule has 4 rings (SSSR count). The van der Waals surface area contributed by atoms with Gasteiger partial charge in [0.15, 0.2) is 0 Å². The molecule has 0 saturated heterocycles. The van der Waals surface area contributed by atoms with E-state index < -0.39 is 0 Å². The number of hydrogen-bond donors (Lipinski definition) is 1. The van der Waals surface area contributed by atoms with Gasteiger partial charge in [-0.25, -0.2) is 9.37 Å². The van der Waals surface area contributed by atoms with Crippen molar-refractivity contribution < 1.29 is 4.39 Å². The quantitative estimate of drug-likeness (QED) is 0.523. The second kappa shape index (κ2) is 4.69. The Balaban J connectivity index is 2.03. The molecule has 1 aliphatic rings. The van der Waals surface area contributed by atoms with Crippen LogP contribution >= 0.6 is 22.6 Å². The van der Waals surface area contributed by atoms with Gasteiger partial charge in [0, 0.05) is 15.2 Å². The van der Waals surface area contributed by atoms with Gasteiger partial charge in [0.25, 0.3) is 0 Å². The number of anilines is 1. The highest BCUT2D eigenvalue weighted by Gasteiger charge is 2.30. The molecule has 0 aliphatic heterocycles. The molecule has 1 heterocycles. The molecule has 1 aliphatic carbocycles. The van der Waals surface area contributed by atoms with Crippen molar-refractivity contribution in [3.8, 4) is 5.69 Å². The monoisotopic (exact) mass is 393 g/mol. The van der Waals surface area contributed by atoms with Gasteiger partial charge in [-0.1, -0.05) is 0 Å². The molecule has 2 N–H and O–H groups in total. The third-order valence-electron chi connectivity index (χ3n) is 3.80. The van der Waals surface area contributed by atoms with Crippen LogP contribution in [0.25, 0.3) is 16.7 Å². The van der Waals surface area contributed by atoms with Crippen molar-refractivity contribution in [3.05, 3.63) is 51.6 Å². The van der Waals surface area contributed by atoms with Gasteiger partial charge in [-0.05, 0) is 71.8 Å². The second-order valence-electron chi connectivity index (χ2n) is 5.42. The van der Waals surface area contributed by atoms with Crippen molar-refractivity contribution in [2.75, 3.05) is 5.73 Å². The summed E-state index contributed by atoms with van der Waals surface area (Å²) in [7, 11) is 0. The summed E-state index contributed by atoms with van der Waals surface area (Å²) in [5.41, 5.74) is 9.48. The Labute approximate surface area is 135 Å². The van der Waals surface area contributed by atoms with Crippen molar-refractivity contribution in [1.29, 1.82) is 0 Å². The minimum atomic E-state index is -0.218. The molecule has 0 unspecified atom stereocenters. The average Bonchev–Trinajstić information content (AvgIpc) is 3.21. The number of halogens is 2. The molecule has 3 aromatic rings. The third-order valence-corrected chi connectivity index (χ3v) is 4.66. The van der Waals surface area contributed by atoms with E-state index in [-0.39, 0.29) is 5.82 Å². The molecule has 0 atom stereocenters. The summed E-state index contributed by atoms with van der Waals surface area (Å²) in [5.74, 6) is 1.34. The molecule has 1 saturated carbocycles. The van der Waals surface area contributed by atoms with Crippen LogP contribution in [-0.4, -0.2) is 9.55 Å². The number of benzene rings is 2. The minimum Gasteiger partial charge on any atom is -0.399 e. The Morgan fingerprint density at radius 1 is 1.19 bits per heavy atom. The number of rotatable bonds is 2. The van der Waals surface area contributed by atoms with E-state index in [1.54, 1.807) is 6.07 Å². The van der Waals surface area contributed by atoms with Crippen LogP contribution in [0.4, 0.5) is 10.1 Å². The van der Waals surface area contributed by atoms with Gasteiger partial charge in [0.2, 0.25) is 0 Å².